The summed E-state index contributed by atoms with van der Waals surface area (Å²) >= 11 is 0. The summed E-state index contributed by atoms with van der Waals surface area (Å²) < 4.78 is 0. The molecule has 4 heteroatoms. The number of nitrogen functional groups attached to an aromatic ring is 1. The molecule has 1 amide bonds. The molecule has 2 aliphatic heterocycles. The standard InChI is InChI=1S/C28H37N3O/c1-20-3-2-4-27(20)30-15-11-21-5-6-24(19-25(21)14-16-30)22-12-17-31(18-13-22)28(32)23-7-9-26(29)10-8-23/h5-10,19-20,22,27H,2-4,11-18,29H2,1H3. The van der Waals surface area contributed by atoms with Gasteiger partial charge < -0.3 is 10.6 Å². The van der Waals surface area contributed by atoms with Gasteiger partial charge in [-0.15, -0.1) is 0 Å². The Morgan fingerprint density at radius 2 is 1.59 bits per heavy atom. The fourth-order valence-electron chi connectivity index (χ4n) is 6.24. The van der Waals surface area contributed by atoms with E-state index in [0.717, 1.165) is 43.5 Å². The molecule has 0 radical (unpaired) electrons. The second-order valence-electron chi connectivity index (χ2n) is 10.2. The van der Waals surface area contributed by atoms with Crippen molar-refractivity contribution in [2.75, 3.05) is 31.9 Å². The molecule has 0 spiro atoms. The Bertz CT molecular complexity index is 946. The number of nitrogens with two attached hydrogens (primary N) is 1. The number of carbonyl (C=O) groups is 1. The van der Waals surface area contributed by atoms with Crippen LogP contribution in [-0.4, -0.2) is 47.9 Å². The highest BCUT2D eigenvalue weighted by molar-refractivity contribution is 5.94. The summed E-state index contributed by atoms with van der Waals surface area (Å²) in [4.78, 5) is 17.6. The molecule has 2 N–H and O–H groups in total. The van der Waals surface area contributed by atoms with E-state index in [1.165, 1.54) is 50.8 Å². The first-order valence-corrected chi connectivity index (χ1v) is 12.6. The van der Waals surface area contributed by atoms with Crippen molar-refractivity contribution < 1.29 is 4.79 Å². The third-order valence-electron chi connectivity index (χ3n) is 8.26. The van der Waals surface area contributed by atoms with Crippen LogP contribution in [0.15, 0.2) is 42.5 Å². The highest BCUT2D eigenvalue weighted by atomic mass is 16.2. The molecule has 1 saturated heterocycles. The minimum atomic E-state index is 0.131. The largest absolute Gasteiger partial charge is 0.399 e. The first kappa shape index (κ1) is 21.5. The quantitative estimate of drug-likeness (QED) is 0.705. The number of benzene rings is 2. The molecule has 5 rings (SSSR count). The van der Waals surface area contributed by atoms with Crippen LogP contribution in [0.3, 0.4) is 0 Å². The third-order valence-corrected chi connectivity index (χ3v) is 8.26. The van der Waals surface area contributed by atoms with Gasteiger partial charge in [-0.25, -0.2) is 0 Å². The van der Waals surface area contributed by atoms with Crippen molar-refractivity contribution in [3.63, 3.8) is 0 Å². The summed E-state index contributed by atoms with van der Waals surface area (Å²) in [6.45, 7) is 6.53. The van der Waals surface area contributed by atoms with E-state index in [1.54, 1.807) is 11.1 Å². The van der Waals surface area contributed by atoms with Crippen LogP contribution in [0, 0.1) is 5.92 Å². The van der Waals surface area contributed by atoms with E-state index in [4.69, 9.17) is 5.73 Å². The molecular formula is C28H37N3O. The lowest BCUT2D eigenvalue weighted by Crippen LogP contribution is -2.38. The highest BCUT2D eigenvalue weighted by Crippen LogP contribution is 2.33. The molecule has 2 aromatic carbocycles. The molecule has 4 nitrogen and oxygen atoms in total. The predicted octanol–water partition coefficient (Wildman–Crippen LogP) is 4.88. The van der Waals surface area contributed by atoms with Gasteiger partial charge in [-0.1, -0.05) is 31.5 Å². The third kappa shape index (κ3) is 4.43. The molecule has 2 heterocycles. The number of piperidine rings is 1. The van der Waals surface area contributed by atoms with Crippen molar-refractivity contribution in [1.29, 1.82) is 0 Å². The number of amides is 1. The Hall–Kier alpha value is -2.33. The number of rotatable bonds is 3. The van der Waals surface area contributed by atoms with Gasteiger partial charge in [0.1, 0.15) is 0 Å². The number of hydrogen-bond donors (Lipinski definition) is 1. The number of anilines is 1. The molecule has 1 aliphatic carbocycles. The van der Waals surface area contributed by atoms with Crippen LogP contribution < -0.4 is 5.73 Å². The number of nitrogens with zero attached hydrogens (tertiary/aromatic N) is 2. The van der Waals surface area contributed by atoms with Crippen LogP contribution in [0.5, 0.6) is 0 Å². The maximum Gasteiger partial charge on any atom is 0.253 e. The zero-order valence-corrected chi connectivity index (χ0v) is 19.4. The van der Waals surface area contributed by atoms with Gasteiger partial charge >= 0.3 is 0 Å². The number of fused-ring (bicyclic) bond motifs is 1. The van der Waals surface area contributed by atoms with Gasteiger partial charge in [-0.2, -0.15) is 0 Å². The lowest BCUT2D eigenvalue weighted by molar-refractivity contribution is 0.0713. The molecule has 32 heavy (non-hydrogen) atoms. The Labute approximate surface area is 192 Å². The van der Waals surface area contributed by atoms with Gasteiger partial charge in [0, 0.05) is 43.5 Å². The molecule has 2 fully saturated rings. The van der Waals surface area contributed by atoms with Crippen LogP contribution in [0.25, 0.3) is 0 Å². The Morgan fingerprint density at radius 1 is 0.875 bits per heavy atom. The summed E-state index contributed by atoms with van der Waals surface area (Å²) in [5.74, 6) is 1.55. The number of carbonyl (C=O) groups excluding carboxylic acids is 1. The second kappa shape index (κ2) is 9.27. The molecule has 2 atom stereocenters. The van der Waals surface area contributed by atoms with Gasteiger partial charge in [0.2, 0.25) is 0 Å². The Balaban J connectivity index is 1.21. The molecule has 0 bridgehead atoms. The summed E-state index contributed by atoms with van der Waals surface area (Å²) in [5, 5.41) is 0. The first-order valence-electron chi connectivity index (χ1n) is 12.6. The molecular weight excluding hydrogens is 394 g/mol. The predicted molar refractivity (Wildman–Crippen MR) is 131 cm³/mol. The second-order valence-corrected chi connectivity index (χ2v) is 10.2. The molecule has 2 unspecified atom stereocenters. The van der Waals surface area contributed by atoms with E-state index in [0.29, 0.717) is 11.6 Å². The van der Waals surface area contributed by atoms with Gasteiger partial charge in [-0.05, 0) is 91.3 Å². The van der Waals surface area contributed by atoms with Crippen molar-refractivity contribution in [1.82, 2.24) is 9.80 Å². The van der Waals surface area contributed by atoms with Crippen molar-refractivity contribution in [3.8, 4) is 0 Å². The summed E-state index contributed by atoms with van der Waals surface area (Å²) in [6, 6.07) is 15.4. The molecule has 3 aliphatic rings. The number of hydrogen-bond acceptors (Lipinski definition) is 3. The first-order chi connectivity index (χ1) is 15.6. The van der Waals surface area contributed by atoms with E-state index >= 15 is 0 Å². The summed E-state index contributed by atoms with van der Waals surface area (Å²) in [7, 11) is 0. The van der Waals surface area contributed by atoms with E-state index in [2.05, 4.69) is 30.0 Å². The topological polar surface area (TPSA) is 49.6 Å². The molecule has 0 aromatic heterocycles. The Kier molecular flexibility index (Phi) is 6.23. The van der Waals surface area contributed by atoms with Crippen LogP contribution >= 0.6 is 0 Å². The van der Waals surface area contributed by atoms with Crippen LogP contribution in [-0.2, 0) is 12.8 Å². The highest BCUT2D eigenvalue weighted by Gasteiger charge is 2.30. The number of likely N-dealkylation sites (tertiary alicyclic amines) is 1. The zero-order chi connectivity index (χ0) is 22.1. The van der Waals surface area contributed by atoms with Gasteiger partial charge in [0.25, 0.3) is 5.91 Å². The normalized spacial score (nSPS) is 24.8. The Morgan fingerprint density at radius 3 is 2.28 bits per heavy atom. The van der Waals surface area contributed by atoms with Crippen LogP contribution in [0.2, 0.25) is 0 Å². The SMILES string of the molecule is CC1CCCC1N1CCc2ccc(C3CCN(C(=O)c4ccc(N)cc4)CC3)cc2CC1. The van der Waals surface area contributed by atoms with Crippen LogP contribution in [0.1, 0.15) is 72.0 Å². The minimum Gasteiger partial charge on any atom is -0.399 e. The van der Waals surface area contributed by atoms with Crippen molar-refractivity contribution in [2.45, 2.75) is 63.8 Å². The van der Waals surface area contributed by atoms with Gasteiger partial charge in [-0.3, -0.25) is 9.69 Å². The van der Waals surface area contributed by atoms with Crippen LogP contribution in [0.4, 0.5) is 5.69 Å². The van der Waals surface area contributed by atoms with Crippen molar-refractivity contribution >= 4 is 11.6 Å². The maximum absolute atomic E-state index is 12.8. The molecule has 170 valence electrons. The van der Waals surface area contributed by atoms with Gasteiger partial charge in [0.05, 0.1) is 0 Å². The van der Waals surface area contributed by atoms with E-state index < -0.39 is 0 Å². The monoisotopic (exact) mass is 431 g/mol. The lowest BCUT2D eigenvalue weighted by Gasteiger charge is -2.32. The zero-order valence-electron chi connectivity index (χ0n) is 19.4. The minimum absolute atomic E-state index is 0.131. The lowest BCUT2D eigenvalue weighted by atomic mass is 9.86. The van der Waals surface area contributed by atoms with E-state index in [-0.39, 0.29) is 5.91 Å². The van der Waals surface area contributed by atoms with Crippen molar-refractivity contribution in [2.24, 2.45) is 5.92 Å². The smallest absolute Gasteiger partial charge is 0.253 e. The van der Waals surface area contributed by atoms with Crippen molar-refractivity contribution in [3.05, 3.63) is 64.7 Å². The average molecular weight is 432 g/mol. The fraction of sp³-hybridized carbons (Fsp3) is 0.536. The average Bonchev–Trinajstić information content (AvgIpc) is 3.14. The fourth-order valence-corrected chi connectivity index (χ4v) is 6.24. The van der Waals surface area contributed by atoms with Gasteiger partial charge in [0.15, 0.2) is 0 Å². The summed E-state index contributed by atoms with van der Waals surface area (Å²) in [5.41, 5.74) is 11.8. The van der Waals surface area contributed by atoms with E-state index in [1.807, 2.05) is 29.2 Å². The maximum atomic E-state index is 12.8. The summed E-state index contributed by atoms with van der Waals surface area (Å²) in [6.07, 6.45) is 8.65. The van der Waals surface area contributed by atoms with E-state index in [9.17, 15) is 4.79 Å². The molecule has 2 aromatic rings. The molecule has 1 saturated carbocycles.